The smallest absolute Gasteiger partial charge is 0.119 e. The number of hydrogen-bond acceptors (Lipinski definition) is 3. The molecule has 0 aliphatic carbocycles. The summed E-state index contributed by atoms with van der Waals surface area (Å²) in [5.74, 6) is 0.836. The molecule has 1 N–H and O–H groups in total. The van der Waals surface area contributed by atoms with Crippen LogP contribution in [0.2, 0.25) is 0 Å². The Hall–Kier alpha value is -1.68. The molecule has 76 valence electrons. The second-order valence-corrected chi connectivity index (χ2v) is 3.47. The van der Waals surface area contributed by atoms with Gasteiger partial charge in [0.2, 0.25) is 0 Å². The summed E-state index contributed by atoms with van der Waals surface area (Å²) in [5.41, 5.74) is 1.90. The molecule has 3 nitrogen and oxygen atoms in total. The number of methoxy groups -OCH3 is 1. The third-order valence-corrected chi connectivity index (χ3v) is 2.29. The maximum atomic E-state index is 5.08. The first-order valence-electron chi connectivity index (χ1n) is 4.50. The third kappa shape index (κ3) is 2.22. The van der Waals surface area contributed by atoms with Gasteiger partial charge in [0.25, 0.3) is 0 Å². The molecule has 0 saturated heterocycles. The number of nitrogens with one attached hydrogen (secondary N) is 1. The highest BCUT2D eigenvalue weighted by Gasteiger charge is 1.98. The maximum Gasteiger partial charge on any atom is 0.119 e. The molecule has 2 aromatic rings. The molecule has 1 heterocycles. The van der Waals surface area contributed by atoms with Crippen molar-refractivity contribution in [3.8, 4) is 17.0 Å². The molecule has 0 aliphatic rings. The fourth-order valence-electron chi connectivity index (χ4n) is 1.27. The zero-order chi connectivity index (χ0) is 10.7. The van der Waals surface area contributed by atoms with E-state index in [9.17, 15) is 0 Å². The molecule has 0 radical (unpaired) electrons. The molecule has 0 atom stereocenters. The SMILES string of the molecule is COc1ccc(-c2ccc(=S)[nH]n2)cc1. The Labute approximate surface area is 92.7 Å². The molecule has 0 unspecified atom stereocenters. The van der Waals surface area contributed by atoms with Crippen molar-refractivity contribution in [3.63, 3.8) is 0 Å². The second kappa shape index (κ2) is 4.23. The summed E-state index contributed by atoms with van der Waals surface area (Å²) in [4.78, 5) is 0. The molecule has 1 aromatic heterocycles. The summed E-state index contributed by atoms with van der Waals surface area (Å²) >= 11 is 4.92. The Morgan fingerprint density at radius 2 is 1.87 bits per heavy atom. The van der Waals surface area contributed by atoms with Crippen LogP contribution < -0.4 is 4.74 Å². The monoisotopic (exact) mass is 218 g/mol. The molecule has 2 rings (SSSR count). The number of aromatic amines is 1. The van der Waals surface area contributed by atoms with Crippen LogP contribution in [-0.2, 0) is 0 Å². The van der Waals surface area contributed by atoms with Crippen molar-refractivity contribution in [3.05, 3.63) is 41.0 Å². The van der Waals surface area contributed by atoms with Gasteiger partial charge < -0.3 is 4.74 Å². The lowest BCUT2D eigenvalue weighted by Gasteiger charge is -2.02. The number of rotatable bonds is 2. The molecule has 15 heavy (non-hydrogen) atoms. The minimum atomic E-state index is 0.632. The normalized spacial score (nSPS) is 9.93. The quantitative estimate of drug-likeness (QED) is 0.788. The number of benzene rings is 1. The first-order chi connectivity index (χ1) is 7.29. The van der Waals surface area contributed by atoms with Gasteiger partial charge in [0, 0.05) is 5.56 Å². The van der Waals surface area contributed by atoms with Gasteiger partial charge in [-0.05, 0) is 36.4 Å². The van der Waals surface area contributed by atoms with Gasteiger partial charge in [0.1, 0.15) is 10.4 Å². The van der Waals surface area contributed by atoms with E-state index in [0.717, 1.165) is 17.0 Å². The van der Waals surface area contributed by atoms with E-state index >= 15 is 0 Å². The lowest BCUT2D eigenvalue weighted by atomic mass is 10.1. The van der Waals surface area contributed by atoms with Crippen LogP contribution in [0, 0.1) is 4.64 Å². The van der Waals surface area contributed by atoms with Gasteiger partial charge in [0.05, 0.1) is 12.8 Å². The average molecular weight is 218 g/mol. The first-order valence-corrected chi connectivity index (χ1v) is 4.90. The second-order valence-electron chi connectivity index (χ2n) is 3.03. The standard InChI is InChI=1S/C11H10N2OS/c1-14-9-4-2-8(3-5-9)10-6-7-11(15)13-12-10/h2-7H,1H3,(H,13,15). The van der Waals surface area contributed by atoms with Crippen molar-refractivity contribution in [2.75, 3.05) is 7.11 Å². The summed E-state index contributed by atoms with van der Waals surface area (Å²) in [6, 6.07) is 11.4. The van der Waals surface area contributed by atoms with Gasteiger partial charge in [0.15, 0.2) is 0 Å². The summed E-state index contributed by atoms with van der Waals surface area (Å²) in [5, 5.41) is 6.89. The Balaban J connectivity index is 2.37. The van der Waals surface area contributed by atoms with E-state index in [-0.39, 0.29) is 0 Å². The van der Waals surface area contributed by atoms with Crippen LogP contribution in [0.15, 0.2) is 36.4 Å². The Bertz CT molecular complexity index is 484. The van der Waals surface area contributed by atoms with Crippen LogP contribution >= 0.6 is 12.2 Å². The van der Waals surface area contributed by atoms with Crippen molar-refractivity contribution < 1.29 is 4.74 Å². The zero-order valence-electron chi connectivity index (χ0n) is 8.23. The highest BCUT2D eigenvalue weighted by Crippen LogP contribution is 2.19. The molecule has 0 saturated carbocycles. The largest absolute Gasteiger partial charge is 0.497 e. The highest BCUT2D eigenvalue weighted by atomic mass is 32.1. The molecule has 0 fully saturated rings. The van der Waals surface area contributed by atoms with E-state index in [1.807, 2.05) is 36.4 Å². The summed E-state index contributed by atoms with van der Waals surface area (Å²) in [7, 11) is 1.65. The van der Waals surface area contributed by atoms with Crippen molar-refractivity contribution in [1.82, 2.24) is 10.2 Å². The highest BCUT2D eigenvalue weighted by molar-refractivity contribution is 7.71. The number of ether oxygens (including phenoxy) is 1. The van der Waals surface area contributed by atoms with E-state index in [1.165, 1.54) is 0 Å². The minimum absolute atomic E-state index is 0.632. The Morgan fingerprint density at radius 1 is 1.13 bits per heavy atom. The molecule has 1 aromatic carbocycles. The topological polar surface area (TPSA) is 37.9 Å². The van der Waals surface area contributed by atoms with Crippen molar-refractivity contribution in [1.29, 1.82) is 0 Å². The number of H-pyrrole nitrogens is 1. The van der Waals surface area contributed by atoms with Gasteiger partial charge in [-0.25, -0.2) is 0 Å². The molecular formula is C11H10N2OS. The predicted octanol–water partition coefficient (Wildman–Crippen LogP) is 2.81. The van der Waals surface area contributed by atoms with Crippen LogP contribution in [0.25, 0.3) is 11.3 Å². The summed E-state index contributed by atoms with van der Waals surface area (Å²) in [6.07, 6.45) is 0. The Kier molecular flexibility index (Phi) is 2.78. The van der Waals surface area contributed by atoms with Crippen LogP contribution in [0.4, 0.5) is 0 Å². The molecule has 0 amide bonds. The molecule has 4 heteroatoms. The van der Waals surface area contributed by atoms with Crippen LogP contribution in [-0.4, -0.2) is 17.3 Å². The first kappa shape index (κ1) is 9.86. The fraction of sp³-hybridized carbons (Fsp3) is 0.0909. The average Bonchev–Trinajstić information content (AvgIpc) is 2.30. The van der Waals surface area contributed by atoms with Crippen molar-refractivity contribution >= 4 is 12.2 Å². The Morgan fingerprint density at radius 3 is 2.40 bits per heavy atom. The number of hydrogen-bond donors (Lipinski definition) is 1. The summed E-state index contributed by atoms with van der Waals surface area (Å²) < 4.78 is 5.71. The molecule has 0 bridgehead atoms. The van der Waals surface area contributed by atoms with Crippen molar-refractivity contribution in [2.24, 2.45) is 0 Å². The minimum Gasteiger partial charge on any atom is -0.497 e. The molecular weight excluding hydrogens is 208 g/mol. The van der Waals surface area contributed by atoms with E-state index in [4.69, 9.17) is 17.0 Å². The van der Waals surface area contributed by atoms with E-state index in [1.54, 1.807) is 7.11 Å². The molecule has 0 aliphatic heterocycles. The molecule has 0 spiro atoms. The third-order valence-electron chi connectivity index (χ3n) is 2.06. The number of aromatic nitrogens is 2. The van der Waals surface area contributed by atoms with Gasteiger partial charge in [-0.1, -0.05) is 12.2 Å². The van der Waals surface area contributed by atoms with E-state index in [2.05, 4.69) is 10.2 Å². The van der Waals surface area contributed by atoms with Crippen molar-refractivity contribution in [2.45, 2.75) is 0 Å². The zero-order valence-corrected chi connectivity index (χ0v) is 9.04. The lowest BCUT2D eigenvalue weighted by Crippen LogP contribution is -1.87. The predicted molar refractivity (Wildman–Crippen MR) is 61.4 cm³/mol. The lowest BCUT2D eigenvalue weighted by molar-refractivity contribution is 0.415. The van der Waals surface area contributed by atoms with Crippen LogP contribution in [0.3, 0.4) is 0 Å². The summed E-state index contributed by atoms with van der Waals surface area (Å²) in [6.45, 7) is 0. The fourth-order valence-corrected chi connectivity index (χ4v) is 1.38. The van der Waals surface area contributed by atoms with Gasteiger partial charge in [-0.3, -0.25) is 5.10 Å². The van der Waals surface area contributed by atoms with Crippen LogP contribution in [0.5, 0.6) is 5.75 Å². The maximum absolute atomic E-state index is 5.08. The van der Waals surface area contributed by atoms with Crippen LogP contribution in [0.1, 0.15) is 0 Å². The van der Waals surface area contributed by atoms with E-state index < -0.39 is 0 Å². The van der Waals surface area contributed by atoms with E-state index in [0.29, 0.717) is 4.64 Å². The van der Waals surface area contributed by atoms with Gasteiger partial charge in [-0.2, -0.15) is 5.10 Å². The number of nitrogens with zero attached hydrogens (tertiary/aromatic N) is 1. The van der Waals surface area contributed by atoms with Gasteiger partial charge >= 0.3 is 0 Å². The van der Waals surface area contributed by atoms with Gasteiger partial charge in [-0.15, -0.1) is 0 Å².